The number of ether oxygens (including phenoxy) is 1. The molecule has 0 aliphatic carbocycles. The van der Waals surface area contributed by atoms with Crippen LogP contribution in [0, 0.1) is 5.92 Å². The summed E-state index contributed by atoms with van der Waals surface area (Å²) in [6, 6.07) is -0.510. The van der Waals surface area contributed by atoms with E-state index >= 15 is 0 Å². The first-order chi connectivity index (χ1) is 11.6. The summed E-state index contributed by atoms with van der Waals surface area (Å²) >= 11 is 0. The van der Waals surface area contributed by atoms with Crippen LogP contribution in [-0.4, -0.2) is 85.4 Å². The third kappa shape index (κ3) is 5.13. The molecule has 8 nitrogen and oxygen atoms in total. The molecule has 9 heteroatoms. The minimum atomic E-state index is -3.52. The standard InChI is InChI=1S/C16H32N4O4S/c1-12(2)9-15(17)16(21)18-5-7-19(8-6-18)25(22,23)20-10-13(3)24-14(4)11-20/h12-15H,5-11,17H2,1-4H3/t13?,14?,15-/m0/s1. The van der Waals surface area contributed by atoms with Crippen LogP contribution in [0.1, 0.15) is 34.1 Å². The van der Waals surface area contributed by atoms with Gasteiger partial charge in [-0.15, -0.1) is 0 Å². The highest BCUT2D eigenvalue weighted by molar-refractivity contribution is 7.86. The second kappa shape index (κ2) is 8.30. The number of piperazine rings is 1. The Bertz CT molecular complexity index is 550. The Morgan fingerprint density at radius 2 is 1.60 bits per heavy atom. The zero-order valence-corrected chi connectivity index (χ0v) is 16.5. The van der Waals surface area contributed by atoms with Crippen molar-refractivity contribution in [1.82, 2.24) is 13.5 Å². The van der Waals surface area contributed by atoms with Gasteiger partial charge in [0.25, 0.3) is 10.2 Å². The highest BCUT2D eigenvalue weighted by Gasteiger charge is 2.37. The molecule has 146 valence electrons. The predicted octanol–water partition coefficient (Wildman–Crippen LogP) is -0.142. The van der Waals surface area contributed by atoms with Gasteiger partial charge in [0.15, 0.2) is 0 Å². The van der Waals surface area contributed by atoms with E-state index in [1.807, 2.05) is 27.7 Å². The van der Waals surface area contributed by atoms with Gasteiger partial charge in [-0.05, 0) is 26.2 Å². The largest absolute Gasteiger partial charge is 0.373 e. The van der Waals surface area contributed by atoms with Gasteiger partial charge in [-0.2, -0.15) is 17.0 Å². The molecular formula is C16H32N4O4S. The minimum Gasteiger partial charge on any atom is -0.373 e. The van der Waals surface area contributed by atoms with Crippen LogP contribution < -0.4 is 5.73 Å². The number of hydrogen-bond acceptors (Lipinski definition) is 5. The van der Waals surface area contributed by atoms with Gasteiger partial charge in [0.2, 0.25) is 5.91 Å². The van der Waals surface area contributed by atoms with Gasteiger partial charge in [-0.25, -0.2) is 0 Å². The summed E-state index contributed by atoms with van der Waals surface area (Å²) in [5.74, 6) is 0.269. The summed E-state index contributed by atoms with van der Waals surface area (Å²) < 4.78 is 34.3. The van der Waals surface area contributed by atoms with Crippen molar-refractivity contribution in [2.24, 2.45) is 11.7 Å². The van der Waals surface area contributed by atoms with Crippen molar-refractivity contribution in [2.45, 2.75) is 52.4 Å². The summed E-state index contributed by atoms with van der Waals surface area (Å²) in [4.78, 5) is 14.1. The molecular weight excluding hydrogens is 344 g/mol. The van der Waals surface area contributed by atoms with Crippen molar-refractivity contribution in [3.05, 3.63) is 0 Å². The van der Waals surface area contributed by atoms with Crippen LogP contribution in [0.2, 0.25) is 0 Å². The summed E-state index contributed by atoms with van der Waals surface area (Å²) in [5, 5.41) is 0. The van der Waals surface area contributed by atoms with Gasteiger partial charge in [0, 0.05) is 39.3 Å². The van der Waals surface area contributed by atoms with E-state index < -0.39 is 16.3 Å². The monoisotopic (exact) mass is 376 g/mol. The Balaban J connectivity index is 1.93. The quantitative estimate of drug-likeness (QED) is 0.720. The van der Waals surface area contributed by atoms with Gasteiger partial charge in [-0.1, -0.05) is 13.8 Å². The molecule has 0 spiro atoms. The number of hydrogen-bond donors (Lipinski definition) is 1. The SMILES string of the molecule is CC(C)C[C@H](N)C(=O)N1CCN(S(=O)(=O)N2CC(C)OC(C)C2)CC1. The minimum absolute atomic E-state index is 0.0839. The maximum absolute atomic E-state index is 12.9. The summed E-state index contributed by atoms with van der Waals surface area (Å²) in [6.07, 6.45) is 0.409. The molecule has 0 radical (unpaired) electrons. The maximum atomic E-state index is 12.9. The summed E-state index contributed by atoms with van der Waals surface area (Å²) in [5.41, 5.74) is 5.97. The Morgan fingerprint density at radius 1 is 1.08 bits per heavy atom. The van der Waals surface area contributed by atoms with Gasteiger partial charge >= 0.3 is 0 Å². The topological polar surface area (TPSA) is 96.2 Å². The Kier molecular flexibility index (Phi) is 6.83. The lowest BCUT2D eigenvalue weighted by Crippen LogP contribution is -2.59. The third-order valence-corrected chi connectivity index (χ3v) is 6.60. The number of carbonyl (C=O) groups excluding carboxylic acids is 1. The fourth-order valence-corrected chi connectivity index (χ4v) is 5.21. The molecule has 2 aliphatic heterocycles. The van der Waals surface area contributed by atoms with Crippen molar-refractivity contribution in [1.29, 1.82) is 0 Å². The summed E-state index contributed by atoms with van der Waals surface area (Å²) in [7, 11) is -3.52. The third-order valence-electron chi connectivity index (χ3n) is 4.63. The second-order valence-corrected chi connectivity index (χ2v) is 9.47. The van der Waals surface area contributed by atoms with Crippen LogP contribution >= 0.6 is 0 Å². The highest BCUT2D eigenvalue weighted by atomic mass is 32.2. The van der Waals surface area contributed by atoms with Crippen molar-refractivity contribution < 1.29 is 17.9 Å². The molecule has 2 aliphatic rings. The molecule has 0 aromatic carbocycles. The van der Waals surface area contributed by atoms with Gasteiger partial charge < -0.3 is 15.4 Å². The Morgan fingerprint density at radius 3 is 2.08 bits per heavy atom. The smallest absolute Gasteiger partial charge is 0.282 e. The number of nitrogens with zero attached hydrogens (tertiary/aromatic N) is 3. The second-order valence-electron chi connectivity index (χ2n) is 7.54. The molecule has 3 atom stereocenters. The molecule has 0 saturated carbocycles. The lowest BCUT2D eigenvalue weighted by molar-refractivity contribution is -0.134. The fourth-order valence-electron chi connectivity index (χ4n) is 3.46. The highest BCUT2D eigenvalue weighted by Crippen LogP contribution is 2.19. The molecule has 2 unspecified atom stereocenters. The molecule has 2 heterocycles. The van der Waals surface area contributed by atoms with Crippen molar-refractivity contribution in [3.8, 4) is 0 Å². The van der Waals surface area contributed by atoms with Gasteiger partial charge in [0.05, 0.1) is 18.2 Å². The van der Waals surface area contributed by atoms with Crippen LogP contribution in [0.4, 0.5) is 0 Å². The summed E-state index contributed by atoms with van der Waals surface area (Å²) in [6.45, 7) is 9.94. The molecule has 2 N–H and O–H groups in total. The van der Waals surface area contributed by atoms with Crippen LogP contribution in [0.3, 0.4) is 0 Å². The van der Waals surface area contributed by atoms with Crippen LogP contribution in [-0.2, 0) is 19.7 Å². The zero-order valence-electron chi connectivity index (χ0n) is 15.7. The van der Waals surface area contributed by atoms with Crippen LogP contribution in [0.15, 0.2) is 0 Å². The van der Waals surface area contributed by atoms with Crippen molar-refractivity contribution in [3.63, 3.8) is 0 Å². The Hall–Kier alpha value is -0.740. The van der Waals surface area contributed by atoms with Gasteiger partial charge in [0.1, 0.15) is 0 Å². The van der Waals surface area contributed by atoms with Crippen molar-refractivity contribution in [2.75, 3.05) is 39.3 Å². The van der Waals surface area contributed by atoms with E-state index in [9.17, 15) is 13.2 Å². The molecule has 0 aromatic heterocycles. The number of carbonyl (C=O) groups is 1. The normalized spacial score (nSPS) is 28.3. The van der Waals surface area contributed by atoms with Gasteiger partial charge in [-0.3, -0.25) is 4.79 Å². The van der Waals surface area contributed by atoms with Crippen LogP contribution in [0.5, 0.6) is 0 Å². The first kappa shape index (κ1) is 20.6. The number of rotatable bonds is 5. The van der Waals surface area contributed by atoms with E-state index in [-0.39, 0.29) is 18.1 Å². The van der Waals surface area contributed by atoms with E-state index in [0.29, 0.717) is 51.6 Å². The van der Waals surface area contributed by atoms with Crippen molar-refractivity contribution >= 4 is 16.1 Å². The average molecular weight is 377 g/mol. The molecule has 0 bridgehead atoms. The fraction of sp³-hybridized carbons (Fsp3) is 0.938. The first-order valence-electron chi connectivity index (χ1n) is 9.06. The van der Waals surface area contributed by atoms with Crippen LogP contribution in [0.25, 0.3) is 0 Å². The number of morpholine rings is 1. The number of nitrogens with two attached hydrogens (primary N) is 1. The molecule has 25 heavy (non-hydrogen) atoms. The first-order valence-corrected chi connectivity index (χ1v) is 10.5. The molecule has 0 aromatic rings. The maximum Gasteiger partial charge on any atom is 0.282 e. The van der Waals surface area contributed by atoms with E-state index in [4.69, 9.17) is 10.5 Å². The lowest BCUT2D eigenvalue weighted by Gasteiger charge is -2.40. The molecule has 2 fully saturated rings. The van der Waals surface area contributed by atoms with E-state index in [1.54, 1.807) is 4.90 Å². The Labute approximate surface area is 151 Å². The molecule has 2 saturated heterocycles. The molecule has 1 amide bonds. The molecule has 2 rings (SSSR count). The lowest BCUT2D eigenvalue weighted by atomic mass is 10.0. The average Bonchev–Trinajstić information content (AvgIpc) is 2.52. The van der Waals surface area contributed by atoms with E-state index in [1.165, 1.54) is 8.61 Å². The predicted molar refractivity (Wildman–Crippen MR) is 96.1 cm³/mol. The van der Waals surface area contributed by atoms with E-state index in [2.05, 4.69) is 0 Å². The number of amides is 1. The van der Waals surface area contributed by atoms with E-state index in [0.717, 1.165) is 0 Å². The zero-order chi connectivity index (χ0) is 18.8.